The van der Waals surface area contributed by atoms with E-state index in [1.807, 2.05) is 31.2 Å². The van der Waals surface area contributed by atoms with Gasteiger partial charge in [0.05, 0.1) is 7.11 Å². The Kier molecular flexibility index (Phi) is 5.99. The standard InChI is InChI=1S/C19H24N4O4S/c1-12-5-4-6-14(9-12)21-19(24)16-11-15(22-23-16)13-7-8-17(27-3)18(10-13)28(25,26)20-2/h4-10,15-16,20,22-23H,11H2,1-3H3,(H,21,24). The maximum atomic E-state index is 12.5. The van der Waals surface area contributed by atoms with Crippen LogP contribution < -0.4 is 25.6 Å². The van der Waals surface area contributed by atoms with Crippen molar-refractivity contribution in [3.63, 3.8) is 0 Å². The van der Waals surface area contributed by atoms with Gasteiger partial charge >= 0.3 is 0 Å². The molecule has 0 aromatic heterocycles. The second-order valence-electron chi connectivity index (χ2n) is 6.61. The summed E-state index contributed by atoms with van der Waals surface area (Å²) >= 11 is 0. The minimum absolute atomic E-state index is 0.0597. The number of carbonyl (C=O) groups excluding carboxylic acids is 1. The van der Waals surface area contributed by atoms with E-state index in [1.165, 1.54) is 14.2 Å². The van der Waals surface area contributed by atoms with E-state index in [1.54, 1.807) is 18.2 Å². The summed E-state index contributed by atoms with van der Waals surface area (Å²) in [6.45, 7) is 1.96. The van der Waals surface area contributed by atoms with Gasteiger partial charge in [0.1, 0.15) is 16.7 Å². The fourth-order valence-electron chi connectivity index (χ4n) is 3.13. The highest BCUT2D eigenvalue weighted by atomic mass is 32.2. The van der Waals surface area contributed by atoms with Crippen molar-refractivity contribution in [3.8, 4) is 5.75 Å². The molecule has 8 nitrogen and oxygen atoms in total. The molecule has 1 saturated heterocycles. The first-order valence-corrected chi connectivity index (χ1v) is 10.3. The molecule has 2 aromatic carbocycles. The third-order valence-electron chi connectivity index (χ3n) is 4.65. The average molecular weight is 404 g/mol. The van der Waals surface area contributed by atoms with E-state index in [2.05, 4.69) is 20.9 Å². The van der Waals surface area contributed by atoms with Gasteiger partial charge < -0.3 is 10.1 Å². The van der Waals surface area contributed by atoms with E-state index in [0.29, 0.717) is 6.42 Å². The second kappa shape index (κ2) is 8.27. The molecule has 2 atom stereocenters. The van der Waals surface area contributed by atoms with Crippen LogP contribution in [0.5, 0.6) is 5.75 Å². The Labute approximate surface area is 164 Å². The molecule has 1 aliphatic rings. The monoisotopic (exact) mass is 404 g/mol. The molecule has 1 aliphatic heterocycles. The summed E-state index contributed by atoms with van der Waals surface area (Å²) in [6, 6.07) is 11.9. The van der Waals surface area contributed by atoms with Gasteiger partial charge in [-0.1, -0.05) is 18.2 Å². The van der Waals surface area contributed by atoms with E-state index < -0.39 is 16.1 Å². The molecule has 1 heterocycles. The van der Waals surface area contributed by atoms with Crippen LogP contribution >= 0.6 is 0 Å². The summed E-state index contributed by atoms with van der Waals surface area (Å²) in [5.41, 5.74) is 8.59. The van der Waals surface area contributed by atoms with Crippen molar-refractivity contribution in [2.24, 2.45) is 0 Å². The van der Waals surface area contributed by atoms with Crippen molar-refractivity contribution in [1.82, 2.24) is 15.6 Å². The molecule has 3 rings (SSSR count). The Balaban J connectivity index is 1.74. The molecule has 1 amide bonds. The zero-order valence-corrected chi connectivity index (χ0v) is 16.8. The number of amides is 1. The van der Waals surface area contributed by atoms with Crippen LogP contribution in [0, 0.1) is 6.92 Å². The number of benzene rings is 2. The largest absolute Gasteiger partial charge is 0.495 e. The molecule has 0 radical (unpaired) electrons. The zero-order valence-electron chi connectivity index (χ0n) is 15.9. The number of hydrogen-bond donors (Lipinski definition) is 4. The van der Waals surface area contributed by atoms with Crippen LogP contribution in [0.2, 0.25) is 0 Å². The quantitative estimate of drug-likeness (QED) is 0.581. The highest BCUT2D eigenvalue weighted by Gasteiger charge is 2.31. The van der Waals surface area contributed by atoms with Gasteiger partial charge in [-0.15, -0.1) is 0 Å². The lowest BCUT2D eigenvalue weighted by atomic mass is 10.0. The minimum Gasteiger partial charge on any atom is -0.495 e. The highest BCUT2D eigenvalue weighted by molar-refractivity contribution is 7.89. The summed E-state index contributed by atoms with van der Waals surface area (Å²) in [6.07, 6.45) is 0.475. The maximum Gasteiger partial charge on any atom is 0.244 e. The van der Waals surface area contributed by atoms with Gasteiger partial charge in [0.2, 0.25) is 15.9 Å². The number of hydrazine groups is 1. The molecule has 2 unspecified atom stereocenters. The molecule has 0 aliphatic carbocycles. The number of methoxy groups -OCH3 is 1. The number of sulfonamides is 1. The van der Waals surface area contributed by atoms with Crippen LogP contribution in [0.15, 0.2) is 47.4 Å². The molecular formula is C19H24N4O4S. The van der Waals surface area contributed by atoms with E-state index in [4.69, 9.17) is 4.74 Å². The van der Waals surface area contributed by atoms with Gasteiger partial charge in [-0.05, 0) is 55.8 Å². The van der Waals surface area contributed by atoms with Gasteiger partial charge in [-0.2, -0.15) is 0 Å². The van der Waals surface area contributed by atoms with Gasteiger partial charge in [0, 0.05) is 11.7 Å². The third-order valence-corrected chi connectivity index (χ3v) is 6.09. The van der Waals surface area contributed by atoms with E-state index >= 15 is 0 Å². The van der Waals surface area contributed by atoms with Crippen molar-refractivity contribution in [1.29, 1.82) is 0 Å². The van der Waals surface area contributed by atoms with Crippen molar-refractivity contribution in [2.75, 3.05) is 19.5 Å². The molecule has 0 bridgehead atoms. The first-order chi connectivity index (χ1) is 13.3. The SMILES string of the molecule is CNS(=O)(=O)c1cc(C2CC(C(=O)Nc3cccc(C)c3)NN2)ccc1OC. The third kappa shape index (κ3) is 4.33. The molecule has 28 heavy (non-hydrogen) atoms. The summed E-state index contributed by atoms with van der Waals surface area (Å²) in [5.74, 6) is 0.106. The molecule has 0 saturated carbocycles. The summed E-state index contributed by atoms with van der Waals surface area (Å²) in [5, 5.41) is 2.89. The Morgan fingerprint density at radius 3 is 2.64 bits per heavy atom. The molecule has 4 N–H and O–H groups in total. The van der Waals surface area contributed by atoms with Crippen LogP contribution in [0.25, 0.3) is 0 Å². The number of rotatable bonds is 6. The number of anilines is 1. The molecular weight excluding hydrogens is 380 g/mol. The van der Waals surface area contributed by atoms with E-state index in [0.717, 1.165) is 16.8 Å². The number of hydrogen-bond acceptors (Lipinski definition) is 6. The Morgan fingerprint density at radius 1 is 1.18 bits per heavy atom. The van der Waals surface area contributed by atoms with Crippen molar-refractivity contribution >= 4 is 21.6 Å². The van der Waals surface area contributed by atoms with Crippen LogP contribution in [-0.2, 0) is 14.8 Å². The lowest BCUT2D eigenvalue weighted by Crippen LogP contribution is -2.39. The molecule has 1 fully saturated rings. The topological polar surface area (TPSA) is 109 Å². The molecule has 0 spiro atoms. The van der Waals surface area contributed by atoms with Gasteiger partial charge in [0.25, 0.3) is 0 Å². The zero-order chi connectivity index (χ0) is 20.3. The summed E-state index contributed by atoms with van der Waals surface area (Å²) < 4.78 is 32.0. The summed E-state index contributed by atoms with van der Waals surface area (Å²) in [7, 11) is -0.899. The van der Waals surface area contributed by atoms with Gasteiger partial charge in [-0.25, -0.2) is 24.0 Å². The summed E-state index contributed by atoms with van der Waals surface area (Å²) in [4.78, 5) is 12.6. The minimum atomic E-state index is -3.67. The predicted molar refractivity (Wildman–Crippen MR) is 106 cm³/mol. The van der Waals surface area contributed by atoms with Gasteiger partial charge in [0.15, 0.2) is 0 Å². The first-order valence-electron chi connectivity index (χ1n) is 8.84. The molecule has 150 valence electrons. The molecule has 2 aromatic rings. The fraction of sp³-hybridized carbons (Fsp3) is 0.316. The van der Waals surface area contributed by atoms with Crippen LogP contribution in [0.3, 0.4) is 0 Å². The van der Waals surface area contributed by atoms with Crippen LogP contribution in [0.1, 0.15) is 23.6 Å². The number of aryl methyl sites for hydroxylation is 1. The van der Waals surface area contributed by atoms with Gasteiger partial charge in [-0.3, -0.25) is 4.79 Å². The number of carbonyl (C=O) groups is 1. The second-order valence-corrected chi connectivity index (χ2v) is 8.46. The number of ether oxygens (including phenoxy) is 1. The first kappa shape index (κ1) is 20.3. The van der Waals surface area contributed by atoms with Crippen LogP contribution in [-0.4, -0.2) is 34.5 Å². The van der Waals surface area contributed by atoms with Crippen LogP contribution in [0.4, 0.5) is 5.69 Å². The lowest BCUT2D eigenvalue weighted by Gasteiger charge is -2.14. The number of nitrogens with one attached hydrogen (secondary N) is 4. The Bertz CT molecular complexity index is 978. The van der Waals surface area contributed by atoms with Crippen molar-refractivity contribution in [3.05, 3.63) is 53.6 Å². The fourth-order valence-corrected chi connectivity index (χ4v) is 4.06. The van der Waals surface area contributed by atoms with E-state index in [-0.39, 0.29) is 22.6 Å². The average Bonchev–Trinajstić information content (AvgIpc) is 3.18. The Hall–Kier alpha value is -2.46. The van der Waals surface area contributed by atoms with Crippen molar-refractivity contribution in [2.45, 2.75) is 30.3 Å². The predicted octanol–water partition coefficient (Wildman–Crippen LogP) is 1.46. The highest BCUT2D eigenvalue weighted by Crippen LogP contribution is 2.30. The normalized spacial score (nSPS) is 19.4. The van der Waals surface area contributed by atoms with E-state index in [9.17, 15) is 13.2 Å². The lowest BCUT2D eigenvalue weighted by molar-refractivity contribution is -0.117. The van der Waals surface area contributed by atoms with Crippen molar-refractivity contribution < 1.29 is 17.9 Å². The Morgan fingerprint density at radius 2 is 1.96 bits per heavy atom. The maximum absolute atomic E-state index is 12.5. The smallest absolute Gasteiger partial charge is 0.244 e. The molecule has 9 heteroatoms.